The molecule has 1 aliphatic rings. The minimum absolute atomic E-state index is 0.286. The average molecular weight is 201 g/mol. The molecule has 2 N–H and O–H groups in total. The Morgan fingerprint density at radius 1 is 1.57 bits per heavy atom. The number of esters is 1. The van der Waals surface area contributed by atoms with Gasteiger partial charge in [-0.2, -0.15) is 0 Å². The van der Waals surface area contributed by atoms with Crippen molar-refractivity contribution in [3.8, 4) is 0 Å². The van der Waals surface area contributed by atoms with Crippen LogP contribution in [0.5, 0.6) is 0 Å². The minimum atomic E-state index is -0.609. The molecule has 0 aromatic heterocycles. The standard InChI is InChI=1S/C10H19NO3/c1-8(9(12)14-2)11-7-10(13)5-3-4-6-10/h8,11,13H,3-7H2,1-2H3. The number of carbonyl (C=O) groups excluding carboxylic acids is 1. The Morgan fingerprint density at radius 3 is 2.64 bits per heavy atom. The molecule has 0 amide bonds. The van der Waals surface area contributed by atoms with Gasteiger partial charge >= 0.3 is 5.97 Å². The monoisotopic (exact) mass is 201 g/mol. The zero-order valence-electron chi connectivity index (χ0n) is 8.88. The lowest BCUT2D eigenvalue weighted by Gasteiger charge is -2.24. The van der Waals surface area contributed by atoms with E-state index in [-0.39, 0.29) is 12.0 Å². The van der Waals surface area contributed by atoms with Crippen LogP contribution >= 0.6 is 0 Å². The SMILES string of the molecule is COC(=O)C(C)NCC1(O)CCCC1. The summed E-state index contributed by atoms with van der Waals surface area (Å²) < 4.78 is 4.58. The third-order valence-electron chi connectivity index (χ3n) is 2.83. The Hall–Kier alpha value is -0.610. The minimum Gasteiger partial charge on any atom is -0.468 e. The lowest BCUT2D eigenvalue weighted by Crippen LogP contribution is -2.44. The molecule has 1 saturated carbocycles. The molecule has 4 nitrogen and oxygen atoms in total. The summed E-state index contributed by atoms with van der Waals surface area (Å²) >= 11 is 0. The second kappa shape index (κ2) is 4.75. The normalized spacial score (nSPS) is 21.9. The highest BCUT2D eigenvalue weighted by molar-refractivity contribution is 5.75. The maximum atomic E-state index is 11.1. The third kappa shape index (κ3) is 2.96. The molecule has 0 aromatic rings. The Balaban J connectivity index is 2.28. The largest absolute Gasteiger partial charge is 0.468 e. The summed E-state index contributed by atoms with van der Waals surface area (Å²) in [6.45, 7) is 2.22. The van der Waals surface area contributed by atoms with Crippen molar-refractivity contribution >= 4 is 5.97 Å². The van der Waals surface area contributed by atoms with Crippen LogP contribution in [0.2, 0.25) is 0 Å². The van der Waals surface area contributed by atoms with E-state index in [0.717, 1.165) is 25.7 Å². The van der Waals surface area contributed by atoms with E-state index in [9.17, 15) is 9.90 Å². The van der Waals surface area contributed by atoms with Crippen LogP contribution in [0.15, 0.2) is 0 Å². The van der Waals surface area contributed by atoms with Gasteiger partial charge in [0, 0.05) is 6.54 Å². The quantitative estimate of drug-likeness (QED) is 0.648. The number of hydrogen-bond donors (Lipinski definition) is 2. The van der Waals surface area contributed by atoms with Crippen molar-refractivity contribution in [3.05, 3.63) is 0 Å². The third-order valence-corrected chi connectivity index (χ3v) is 2.83. The molecule has 1 atom stereocenters. The lowest BCUT2D eigenvalue weighted by atomic mass is 10.0. The summed E-state index contributed by atoms with van der Waals surface area (Å²) in [5, 5.41) is 13.0. The molecular formula is C10H19NO3. The van der Waals surface area contributed by atoms with E-state index in [4.69, 9.17) is 0 Å². The first-order chi connectivity index (χ1) is 6.57. The van der Waals surface area contributed by atoms with Gasteiger partial charge in [0.05, 0.1) is 12.7 Å². The van der Waals surface area contributed by atoms with Gasteiger partial charge in [0.15, 0.2) is 0 Å². The molecule has 0 aromatic carbocycles. The van der Waals surface area contributed by atoms with Crippen molar-refractivity contribution in [2.24, 2.45) is 0 Å². The van der Waals surface area contributed by atoms with Crippen molar-refractivity contribution in [1.82, 2.24) is 5.32 Å². The highest BCUT2D eigenvalue weighted by atomic mass is 16.5. The number of rotatable bonds is 4. The first-order valence-electron chi connectivity index (χ1n) is 5.11. The Morgan fingerprint density at radius 2 is 2.14 bits per heavy atom. The molecule has 4 heteroatoms. The molecule has 0 radical (unpaired) electrons. The number of aliphatic hydroxyl groups is 1. The molecule has 0 heterocycles. The molecule has 1 aliphatic carbocycles. The van der Waals surface area contributed by atoms with Crippen molar-refractivity contribution in [2.75, 3.05) is 13.7 Å². The van der Waals surface area contributed by atoms with Gasteiger partial charge in [-0.05, 0) is 19.8 Å². The summed E-state index contributed by atoms with van der Waals surface area (Å²) in [5.74, 6) is -0.286. The highest BCUT2D eigenvalue weighted by Crippen LogP contribution is 2.28. The van der Waals surface area contributed by atoms with Gasteiger partial charge in [0.25, 0.3) is 0 Å². The van der Waals surface area contributed by atoms with E-state index in [1.165, 1.54) is 7.11 Å². The molecule has 0 aliphatic heterocycles. The zero-order chi connectivity index (χ0) is 10.6. The summed E-state index contributed by atoms with van der Waals surface area (Å²) in [4.78, 5) is 11.1. The predicted octanol–water partition coefficient (Wildman–Crippen LogP) is 0.443. The van der Waals surface area contributed by atoms with Crippen LogP contribution in [0.25, 0.3) is 0 Å². The fourth-order valence-electron chi connectivity index (χ4n) is 1.81. The number of nitrogens with one attached hydrogen (secondary N) is 1. The number of ether oxygens (including phenoxy) is 1. The second-order valence-corrected chi connectivity index (χ2v) is 4.06. The summed E-state index contributed by atoms with van der Waals surface area (Å²) in [7, 11) is 1.37. The molecule has 1 unspecified atom stereocenters. The Labute approximate surface area is 84.6 Å². The van der Waals surface area contributed by atoms with E-state index in [1.807, 2.05) is 0 Å². The van der Waals surface area contributed by atoms with Crippen LogP contribution in [0.4, 0.5) is 0 Å². The Bertz CT molecular complexity index is 200. The first-order valence-corrected chi connectivity index (χ1v) is 5.11. The van der Waals surface area contributed by atoms with Gasteiger partial charge in [0.1, 0.15) is 6.04 Å². The van der Waals surface area contributed by atoms with Gasteiger partial charge < -0.3 is 15.2 Å². The first kappa shape index (κ1) is 11.5. The van der Waals surface area contributed by atoms with Crippen molar-refractivity contribution in [2.45, 2.75) is 44.2 Å². The van der Waals surface area contributed by atoms with Crippen LogP contribution in [-0.4, -0.2) is 36.4 Å². The summed E-state index contributed by atoms with van der Waals surface area (Å²) in [6, 6.07) is -0.343. The molecule has 0 spiro atoms. The van der Waals surface area contributed by atoms with Crippen LogP contribution in [0, 0.1) is 0 Å². The van der Waals surface area contributed by atoms with E-state index in [2.05, 4.69) is 10.1 Å². The molecule has 1 rings (SSSR count). The van der Waals surface area contributed by atoms with Crippen LogP contribution < -0.4 is 5.32 Å². The Kier molecular flexibility index (Phi) is 3.89. The lowest BCUT2D eigenvalue weighted by molar-refractivity contribution is -0.142. The maximum absolute atomic E-state index is 11.1. The molecule has 0 saturated heterocycles. The van der Waals surface area contributed by atoms with Gasteiger partial charge in [-0.15, -0.1) is 0 Å². The molecular weight excluding hydrogens is 182 g/mol. The highest BCUT2D eigenvalue weighted by Gasteiger charge is 2.31. The molecule has 82 valence electrons. The van der Waals surface area contributed by atoms with Gasteiger partial charge in [-0.3, -0.25) is 4.79 Å². The van der Waals surface area contributed by atoms with Crippen LogP contribution in [0.1, 0.15) is 32.6 Å². The predicted molar refractivity (Wildman–Crippen MR) is 52.9 cm³/mol. The smallest absolute Gasteiger partial charge is 0.322 e. The molecule has 1 fully saturated rings. The van der Waals surface area contributed by atoms with Crippen LogP contribution in [-0.2, 0) is 9.53 Å². The summed E-state index contributed by atoms with van der Waals surface area (Å²) in [6.07, 6.45) is 3.80. The van der Waals surface area contributed by atoms with Crippen molar-refractivity contribution in [3.63, 3.8) is 0 Å². The number of carbonyl (C=O) groups is 1. The average Bonchev–Trinajstić information content (AvgIpc) is 2.61. The van der Waals surface area contributed by atoms with E-state index in [0.29, 0.717) is 6.54 Å². The number of hydrogen-bond acceptors (Lipinski definition) is 4. The fourth-order valence-corrected chi connectivity index (χ4v) is 1.81. The number of methoxy groups -OCH3 is 1. The van der Waals surface area contributed by atoms with Gasteiger partial charge in [0.2, 0.25) is 0 Å². The van der Waals surface area contributed by atoms with Crippen molar-refractivity contribution in [1.29, 1.82) is 0 Å². The van der Waals surface area contributed by atoms with E-state index >= 15 is 0 Å². The second-order valence-electron chi connectivity index (χ2n) is 4.06. The van der Waals surface area contributed by atoms with Crippen molar-refractivity contribution < 1.29 is 14.6 Å². The molecule has 14 heavy (non-hydrogen) atoms. The summed E-state index contributed by atoms with van der Waals surface area (Å²) in [5.41, 5.74) is -0.609. The topological polar surface area (TPSA) is 58.6 Å². The van der Waals surface area contributed by atoms with Gasteiger partial charge in [-0.1, -0.05) is 12.8 Å². The maximum Gasteiger partial charge on any atom is 0.322 e. The van der Waals surface area contributed by atoms with Crippen LogP contribution in [0.3, 0.4) is 0 Å². The molecule has 0 bridgehead atoms. The van der Waals surface area contributed by atoms with Gasteiger partial charge in [-0.25, -0.2) is 0 Å². The van der Waals surface area contributed by atoms with E-state index in [1.54, 1.807) is 6.92 Å². The van der Waals surface area contributed by atoms with E-state index < -0.39 is 5.60 Å². The fraction of sp³-hybridized carbons (Fsp3) is 0.900. The zero-order valence-corrected chi connectivity index (χ0v) is 8.88.